The lowest BCUT2D eigenvalue weighted by molar-refractivity contribution is 0.0697. The maximum absolute atomic E-state index is 10.7. The molecule has 0 bridgehead atoms. The van der Waals surface area contributed by atoms with Gasteiger partial charge in [-0.05, 0) is 71.1 Å². The van der Waals surface area contributed by atoms with Crippen molar-refractivity contribution in [2.24, 2.45) is 0 Å². The van der Waals surface area contributed by atoms with E-state index in [-0.39, 0.29) is 5.56 Å². The average molecular weight is 383 g/mol. The highest BCUT2D eigenvalue weighted by molar-refractivity contribution is 14.1. The summed E-state index contributed by atoms with van der Waals surface area (Å²) in [4.78, 5) is 10.7. The Morgan fingerprint density at radius 2 is 1.75 bits per heavy atom. The smallest absolute Gasteiger partial charge is 0.335 e. The second-order valence-electron chi connectivity index (χ2n) is 4.11. The Kier molecular flexibility index (Phi) is 5.23. The first-order valence-corrected chi connectivity index (χ1v) is 7.18. The predicted octanol–water partition coefficient (Wildman–Crippen LogP) is 3.48. The number of anilines is 1. The second kappa shape index (κ2) is 7.14. The summed E-state index contributed by atoms with van der Waals surface area (Å²) in [6.45, 7) is 1.19. The van der Waals surface area contributed by atoms with Gasteiger partial charge in [0.25, 0.3) is 0 Å². The Morgan fingerprint density at radius 3 is 2.35 bits per heavy atom. The summed E-state index contributed by atoms with van der Waals surface area (Å²) in [5, 5.41) is 12.0. The van der Waals surface area contributed by atoms with Gasteiger partial charge < -0.3 is 15.2 Å². The van der Waals surface area contributed by atoms with Crippen LogP contribution in [-0.2, 0) is 0 Å². The van der Waals surface area contributed by atoms with Gasteiger partial charge in [0.2, 0.25) is 0 Å². The number of carboxylic acids is 1. The summed E-state index contributed by atoms with van der Waals surface area (Å²) in [7, 11) is 0. The van der Waals surface area contributed by atoms with Crippen LogP contribution in [0.3, 0.4) is 0 Å². The summed E-state index contributed by atoms with van der Waals surface area (Å²) < 4.78 is 6.73. The minimum Gasteiger partial charge on any atom is -0.492 e. The Morgan fingerprint density at radius 1 is 1.10 bits per heavy atom. The molecule has 4 nitrogen and oxygen atoms in total. The van der Waals surface area contributed by atoms with Crippen molar-refractivity contribution in [1.82, 2.24) is 0 Å². The molecular formula is C15H14INO3. The molecule has 0 saturated carbocycles. The Hall–Kier alpha value is -1.76. The summed E-state index contributed by atoms with van der Waals surface area (Å²) in [6.07, 6.45) is 0. The maximum Gasteiger partial charge on any atom is 0.335 e. The monoisotopic (exact) mass is 383 g/mol. The quantitative estimate of drug-likeness (QED) is 0.593. The lowest BCUT2D eigenvalue weighted by atomic mass is 10.2. The molecular weight excluding hydrogens is 369 g/mol. The normalized spacial score (nSPS) is 10.1. The van der Waals surface area contributed by atoms with Crippen molar-refractivity contribution in [1.29, 1.82) is 0 Å². The maximum atomic E-state index is 10.7. The third kappa shape index (κ3) is 4.41. The van der Waals surface area contributed by atoms with E-state index in [9.17, 15) is 4.79 Å². The van der Waals surface area contributed by atoms with E-state index in [0.717, 1.165) is 5.69 Å². The highest BCUT2D eigenvalue weighted by atomic mass is 127. The minimum atomic E-state index is -0.933. The van der Waals surface area contributed by atoms with Crippen LogP contribution in [0.1, 0.15) is 10.4 Å². The number of halogens is 1. The summed E-state index contributed by atoms with van der Waals surface area (Å²) in [5.41, 5.74) is 1.31. The molecule has 2 aromatic carbocycles. The van der Waals surface area contributed by atoms with Crippen LogP contribution < -0.4 is 10.1 Å². The van der Waals surface area contributed by atoms with Crippen LogP contribution in [-0.4, -0.2) is 24.2 Å². The summed E-state index contributed by atoms with van der Waals surface area (Å²) in [6, 6.07) is 14.5. The molecule has 0 saturated heterocycles. The molecule has 0 atom stereocenters. The highest BCUT2D eigenvalue weighted by Crippen LogP contribution is 2.13. The van der Waals surface area contributed by atoms with E-state index in [1.165, 1.54) is 15.7 Å². The third-order valence-corrected chi connectivity index (χ3v) is 3.36. The van der Waals surface area contributed by atoms with Crippen LogP contribution in [0.25, 0.3) is 0 Å². The number of rotatable bonds is 6. The number of hydrogen-bond acceptors (Lipinski definition) is 3. The van der Waals surface area contributed by atoms with E-state index in [1.807, 2.05) is 24.3 Å². The van der Waals surface area contributed by atoms with Gasteiger partial charge in [0, 0.05) is 15.8 Å². The minimum absolute atomic E-state index is 0.259. The molecule has 5 heteroatoms. The van der Waals surface area contributed by atoms with Crippen molar-refractivity contribution in [2.45, 2.75) is 0 Å². The molecule has 0 aromatic heterocycles. The lowest BCUT2D eigenvalue weighted by Gasteiger charge is -2.09. The standard InChI is InChI=1S/C15H14INO3/c16-12-3-5-13(6-4-12)17-9-10-20-14-7-1-11(2-8-14)15(18)19/h1-8,17H,9-10H2,(H,18,19). The van der Waals surface area contributed by atoms with Crippen LogP contribution in [0, 0.1) is 3.57 Å². The van der Waals surface area contributed by atoms with E-state index in [0.29, 0.717) is 18.9 Å². The number of carbonyl (C=O) groups is 1. The topological polar surface area (TPSA) is 58.6 Å². The largest absolute Gasteiger partial charge is 0.492 e. The van der Waals surface area contributed by atoms with Gasteiger partial charge in [-0.25, -0.2) is 4.79 Å². The molecule has 104 valence electrons. The van der Waals surface area contributed by atoms with Gasteiger partial charge in [0.1, 0.15) is 12.4 Å². The van der Waals surface area contributed by atoms with Crippen molar-refractivity contribution >= 4 is 34.2 Å². The van der Waals surface area contributed by atoms with Gasteiger partial charge in [-0.3, -0.25) is 0 Å². The number of hydrogen-bond donors (Lipinski definition) is 2. The van der Waals surface area contributed by atoms with Crippen LogP contribution in [0.5, 0.6) is 5.75 Å². The molecule has 0 aliphatic rings. The predicted molar refractivity (Wildman–Crippen MR) is 86.5 cm³/mol. The van der Waals surface area contributed by atoms with Crippen LogP contribution >= 0.6 is 22.6 Å². The molecule has 0 amide bonds. The molecule has 2 rings (SSSR count). The fourth-order valence-electron chi connectivity index (χ4n) is 1.63. The van der Waals surface area contributed by atoms with Gasteiger partial charge in [0.15, 0.2) is 0 Å². The fraction of sp³-hybridized carbons (Fsp3) is 0.133. The first-order chi connectivity index (χ1) is 9.65. The van der Waals surface area contributed by atoms with Crippen LogP contribution in [0.4, 0.5) is 5.69 Å². The van der Waals surface area contributed by atoms with Crippen LogP contribution in [0.2, 0.25) is 0 Å². The van der Waals surface area contributed by atoms with E-state index in [4.69, 9.17) is 9.84 Å². The van der Waals surface area contributed by atoms with Gasteiger partial charge in [-0.1, -0.05) is 0 Å². The second-order valence-corrected chi connectivity index (χ2v) is 5.36. The number of aromatic carboxylic acids is 1. The molecule has 0 aliphatic carbocycles. The first kappa shape index (κ1) is 14.6. The Bertz CT molecular complexity index is 567. The zero-order valence-electron chi connectivity index (χ0n) is 10.7. The van der Waals surface area contributed by atoms with E-state index in [1.54, 1.807) is 12.1 Å². The lowest BCUT2D eigenvalue weighted by Crippen LogP contribution is -2.11. The van der Waals surface area contributed by atoms with Gasteiger partial charge in [0.05, 0.1) is 5.56 Å². The Balaban J connectivity index is 1.75. The number of benzene rings is 2. The summed E-state index contributed by atoms with van der Waals surface area (Å²) in [5.74, 6) is -0.267. The van der Waals surface area contributed by atoms with Crippen LogP contribution in [0.15, 0.2) is 48.5 Å². The number of nitrogens with one attached hydrogen (secondary N) is 1. The zero-order valence-corrected chi connectivity index (χ0v) is 12.8. The van der Waals surface area contributed by atoms with E-state index in [2.05, 4.69) is 27.9 Å². The average Bonchev–Trinajstić information content (AvgIpc) is 2.46. The van der Waals surface area contributed by atoms with Crippen molar-refractivity contribution < 1.29 is 14.6 Å². The summed E-state index contributed by atoms with van der Waals surface area (Å²) >= 11 is 2.26. The molecule has 20 heavy (non-hydrogen) atoms. The van der Waals surface area contributed by atoms with E-state index < -0.39 is 5.97 Å². The van der Waals surface area contributed by atoms with Gasteiger partial charge >= 0.3 is 5.97 Å². The van der Waals surface area contributed by atoms with Gasteiger partial charge in [-0.2, -0.15) is 0 Å². The molecule has 0 aliphatic heterocycles. The van der Waals surface area contributed by atoms with E-state index >= 15 is 0 Å². The molecule has 2 aromatic rings. The fourth-order valence-corrected chi connectivity index (χ4v) is 1.99. The third-order valence-electron chi connectivity index (χ3n) is 2.65. The van der Waals surface area contributed by atoms with Crippen molar-refractivity contribution in [3.05, 3.63) is 57.7 Å². The van der Waals surface area contributed by atoms with Gasteiger partial charge in [-0.15, -0.1) is 0 Å². The molecule has 2 N–H and O–H groups in total. The molecule has 0 spiro atoms. The molecule has 0 unspecified atom stereocenters. The Labute approximate surface area is 130 Å². The van der Waals surface area contributed by atoms with Crippen molar-refractivity contribution in [3.8, 4) is 5.75 Å². The molecule has 0 heterocycles. The van der Waals surface area contributed by atoms with Crippen molar-refractivity contribution in [2.75, 3.05) is 18.5 Å². The van der Waals surface area contributed by atoms with Crippen molar-refractivity contribution in [3.63, 3.8) is 0 Å². The number of ether oxygens (including phenoxy) is 1. The first-order valence-electron chi connectivity index (χ1n) is 6.11. The molecule has 0 radical (unpaired) electrons. The molecule has 0 fully saturated rings. The highest BCUT2D eigenvalue weighted by Gasteiger charge is 2.01. The number of carboxylic acid groups (broad SMARTS) is 1. The zero-order chi connectivity index (χ0) is 14.4. The SMILES string of the molecule is O=C(O)c1ccc(OCCNc2ccc(I)cc2)cc1.